The van der Waals surface area contributed by atoms with Gasteiger partial charge in [-0.15, -0.1) is 0 Å². The molecule has 1 aromatic rings. The van der Waals surface area contributed by atoms with E-state index in [0.29, 0.717) is 12.3 Å². The van der Waals surface area contributed by atoms with Crippen LogP contribution in [0.3, 0.4) is 0 Å². The van der Waals surface area contributed by atoms with Gasteiger partial charge in [-0.3, -0.25) is 19.7 Å². The summed E-state index contributed by atoms with van der Waals surface area (Å²) in [5, 5.41) is 9.12. The summed E-state index contributed by atoms with van der Waals surface area (Å²) < 4.78 is 9.96. The van der Waals surface area contributed by atoms with E-state index < -0.39 is 6.04 Å². The molecule has 0 bridgehead atoms. The normalized spacial score (nSPS) is 18.5. The minimum Gasteiger partial charge on any atom is -0.481 e. The Morgan fingerprint density at radius 2 is 1.96 bits per heavy atom. The molecule has 1 amide bonds. The first kappa shape index (κ1) is 22.1. The van der Waals surface area contributed by atoms with Gasteiger partial charge in [0.15, 0.2) is 6.61 Å². The number of carbonyl (C=O) groups is 2. The van der Waals surface area contributed by atoms with E-state index in [1.807, 2.05) is 38.1 Å². The number of hydrogen-bond acceptors (Lipinski definition) is 7. The number of esters is 1. The molecule has 28 heavy (non-hydrogen) atoms. The Kier molecular flexibility index (Phi) is 8.18. The van der Waals surface area contributed by atoms with Crippen molar-refractivity contribution in [1.82, 2.24) is 10.4 Å². The van der Waals surface area contributed by atoms with E-state index in [2.05, 4.69) is 16.7 Å². The minimum atomic E-state index is -0.417. The van der Waals surface area contributed by atoms with Gasteiger partial charge in [-0.05, 0) is 31.5 Å². The SMILES string of the molecule is CC(=O)OCC#CCOc1ccc(CN2CCSC(C)(C)[C@@H]2C(=O)NO)cc1. The molecule has 0 unspecified atom stereocenters. The Morgan fingerprint density at radius 1 is 1.29 bits per heavy atom. The Labute approximate surface area is 169 Å². The molecule has 1 aliphatic rings. The van der Waals surface area contributed by atoms with Gasteiger partial charge >= 0.3 is 5.97 Å². The highest BCUT2D eigenvalue weighted by Crippen LogP contribution is 2.36. The molecule has 0 radical (unpaired) electrons. The van der Waals surface area contributed by atoms with Crippen molar-refractivity contribution in [1.29, 1.82) is 0 Å². The molecule has 0 spiro atoms. The van der Waals surface area contributed by atoms with Crippen LogP contribution < -0.4 is 10.2 Å². The lowest BCUT2D eigenvalue weighted by Crippen LogP contribution is -2.59. The molecule has 0 aromatic heterocycles. The average molecular weight is 407 g/mol. The average Bonchev–Trinajstić information content (AvgIpc) is 2.64. The second-order valence-electron chi connectivity index (χ2n) is 6.87. The first-order valence-corrected chi connectivity index (χ1v) is 9.95. The number of carbonyl (C=O) groups excluding carboxylic acids is 2. The quantitative estimate of drug-likeness (QED) is 0.323. The largest absolute Gasteiger partial charge is 0.481 e. The lowest BCUT2D eigenvalue weighted by molar-refractivity contribution is -0.139. The van der Waals surface area contributed by atoms with Crippen molar-refractivity contribution in [3.63, 3.8) is 0 Å². The molecule has 0 aliphatic carbocycles. The predicted molar refractivity (Wildman–Crippen MR) is 107 cm³/mol. The summed E-state index contributed by atoms with van der Waals surface area (Å²) in [5.74, 6) is 6.34. The van der Waals surface area contributed by atoms with E-state index in [0.717, 1.165) is 17.9 Å². The molecule has 7 nitrogen and oxygen atoms in total. The number of thioether (sulfide) groups is 1. The Hall–Kier alpha value is -2.21. The van der Waals surface area contributed by atoms with Crippen LogP contribution in [0.2, 0.25) is 0 Å². The summed E-state index contributed by atoms with van der Waals surface area (Å²) in [5.41, 5.74) is 2.85. The van der Waals surface area contributed by atoms with Crippen LogP contribution >= 0.6 is 11.8 Å². The minimum absolute atomic E-state index is 0.0602. The number of rotatable bonds is 6. The van der Waals surface area contributed by atoms with Crippen LogP contribution in [0, 0.1) is 11.8 Å². The summed E-state index contributed by atoms with van der Waals surface area (Å²) in [4.78, 5) is 24.9. The van der Waals surface area contributed by atoms with E-state index in [9.17, 15) is 9.59 Å². The first-order valence-electron chi connectivity index (χ1n) is 8.96. The molecule has 2 N–H and O–H groups in total. The third-order valence-corrected chi connectivity index (χ3v) is 5.68. The van der Waals surface area contributed by atoms with Crippen molar-refractivity contribution < 1.29 is 24.3 Å². The highest BCUT2D eigenvalue weighted by atomic mass is 32.2. The van der Waals surface area contributed by atoms with Gasteiger partial charge in [-0.2, -0.15) is 11.8 Å². The van der Waals surface area contributed by atoms with Gasteiger partial charge in [-0.25, -0.2) is 5.48 Å². The van der Waals surface area contributed by atoms with E-state index in [1.165, 1.54) is 6.92 Å². The number of ether oxygens (including phenoxy) is 2. The molecule has 1 aliphatic heterocycles. The molecule has 8 heteroatoms. The smallest absolute Gasteiger partial charge is 0.303 e. The molecular formula is C20H26N2O5S. The molecule has 152 valence electrons. The van der Waals surface area contributed by atoms with E-state index in [-0.39, 0.29) is 29.8 Å². The van der Waals surface area contributed by atoms with Gasteiger partial charge in [0.1, 0.15) is 18.4 Å². The third-order valence-electron chi connectivity index (χ3n) is 4.33. The van der Waals surface area contributed by atoms with Gasteiger partial charge < -0.3 is 9.47 Å². The molecule has 1 fully saturated rings. The topological polar surface area (TPSA) is 88.1 Å². The Morgan fingerprint density at radius 3 is 2.61 bits per heavy atom. The summed E-state index contributed by atoms with van der Waals surface area (Å²) in [6.07, 6.45) is 0. The number of nitrogens with one attached hydrogen (secondary N) is 1. The molecule has 2 rings (SSSR count). The first-order chi connectivity index (χ1) is 13.3. The summed E-state index contributed by atoms with van der Waals surface area (Å²) in [6.45, 7) is 7.00. The van der Waals surface area contributed by atoms with Crippen molar-refractivity contribution in [3.05, 3.63) is 29.8 Å². The maximum atomic E-state index is 12.2. The van der Waals surface area contributed by atoms with Gasteiger partial charge in [0.2, 0.25) is 0 Å². The number of benzene rings is 1. The fraction of sp³-hybridized carbons (Fsp3) is 0.500. The summed E-state index contributed by atoms with van der Waals surface area (Å²) in [6, 6.07) is 7.19. The van der Waals surface area contributed by atoms with Gasteiger partial charge in [0.25, 0.3) is 5.91 Å². The standard InChI is InChI=1S/C20H26N2O5S/c1-15(23)26-11-4-5-12-27-17-8-6-16(7-9-17)14-22-10-13-28-20(2,3)18(22)19(24)21-25/h6-9,18,25H,10-14H2,1-3H3,(H,21,24)/t18-/m0/s1. The van der Waals surface area contributed by atoms with Crippen LogP contribution in [-0.4, -0.2) is 58.3 Å². The predicted octanol–water partition coefficient (Wildman–Crippen LogP) is 1.83. The zero-order valence-electron chi connectivity index (χ0n) is 16.4. The van der Waals surface area contributed by atoms with Crippen molar-refractivity contribution in [2.75, 3.05) is 25.5 Å². The number of hydrogen-bond donors (Lipinski definition) is 2. The lowest BCUT2D eigenvalue weighted by Gasteiger charge is -2.44. The molecule has 1 saturated heterocycles. The van der Waals surface area contributed by atoms with Crippen LogP contribution in [0.15, 0.2) is 24.3 Å². The molecular weight excluding hydrogens is 380 g/mol. The molecule has 0 saturated carbocycles. The van der Waals surface area contributed by atoms with Gasteiger partial charge in [0, 0.05) is 30.5 Å². The zero-order chi connectivity index (χ0) is 20.6. The molecule has 1 heterocycles. The third kappa shape index (κ3) is 6.44. The van der Waals surface area contributed by atoms with Crippen molar-refractivity contribution in [3.8, 4) is 17.6 Å². The fourth-order valence-corrected chi connectivity index (χ4v) is 4.34. The van der Waals surface area contributed by atoms with Crippen LogP contribution in [0.4, 0.5) is 0 Å². The van der Waals surface area contributed by atoms with Crippen molar-refractivity contribution in [2.24, 2.45) is 0 Å². The van der Waals surface area contributed by atoms with E-state index in [1.54, 1.807) is 17.2 Å². The second-order valence-corrected chi connectivity index (χ2v) is 8.62. The maximum absolute atomic E-state index is 12.2. The maximum Gasteiger partial charge on any atom is 0.303 e. The van der Waals surface area contributed by atoms with E-state index >= 15 is 0 Å². The van der Waals surface area contributed by atoms with Crippen molar-refractivity contribution in [2.45, 2.75) is 38.1 Å². The lowest BCUT2D eigenvalue weighted by atomic mass is 9.99. The monoisotopic (exact) mass is 406 g/mol. The van der Waals surface area contributed by atoms with Crippen LogP contribution in [0.5, 0.6) is 5.75 Å². The van der Waals surface area contributed by atoms with Crippen molar-refractivity contribution >= 4 is 23.6 Å². The molecule has 1 atom stereocenters. The highest BCUT2D eigenvalue weighted by molar-refractivity contribution is 8.00. The second kappa shape index (κ2) is 10.4. The highest BCUT2D eigenvalue weighted by Gasteiger charge is 2.42. The Bertz CT molecular complexity index is 739. The van der Waals surface area contributed by atoms with Crippen LogP contribution in [0.1, 0.15) is 26.3 Å². The van der Waals surface area contributed by atoms with Gasteiger partial charge in [0.05, 0.1) is 0 Å². The zero-order valence-corrected chi connectivity index (χ0v) is 17.2. The van der Waals surface area contributed by atoms with Crippen LogP contribution in [0.25, 0.3) is 0 Å². The number of amides is 1. The number of hydroxylamine groups is 1. The van der Waals surface area contributed by atoms with Gasteiger partial charge in [-0.1, -0.05) is 24.0 Å². The van der Waals surface area contributed by atoms with E-state index in [4.69, 9.17) is 14.7 Å². The Balaban J connectivity index is 1.92. The summed E-state index contributed by atoms with van der Waals surface area (Å²) >= 11 is 1.73. The fourth-order valence-electron chi connectivity index (χ4n) is 3.07. The summed E-state index contributed by atoms with van der Waals surface area (Å²) in [7, 11) is 0. The van der Waals surface area contributed by atoms with Crippen LogP contribution in [-0.2, 0) is 20.9 Å². The number of nitrogens with zero attached hydrogens (tertiary/aromatic N) is 1. The molecule has 1 aromatic carbocycles.